The number of nitrogens with one attached hydrogen (secondary N) is 1. The molecule has 2 saturated heterocycles. The lowest BCUT2D eigenvalue weighted by atomic mass is 9.80. The molecule has 0 radical (unpaired) electrons. The van der Waals surface area contributed by atoms with Gasteiger partial charge in [-0.2, -0.15) is 4.99 Å². The number of hydrogen-bond acceptors (Lipinski definition) is 7. The van der Waals surface area contributed by atoms with Gasteiger partial charge in [-0.1, -0.05) is 36.4 Å². The topological polar surface area (TPSA) is 118 Å². The van der Waals surface area contributed by atoms with E-state index in [1.54, 1.807) is 0 Å². The molecule has 0 bridgehead atoms. The van der Waals surface area contributed by atoms with Gasteiger partial charge in [0.25, 0.3) is 0 Å². The van der Waals surface area contributed by atoms with E-state index in [4.69, 9.17) is 9.47 Å². The molecule has 2 aromatic rings. The van der Waals surface area contributed by atoms with Gasteiger partial charge in [-0.15, -0.1) is 0 Å². The van der Waals surface area contributed by atoms with Gasteiger partial charge in [-0.3, -0.25) is 9.59 Å². The Morgan fingerprint density at radius 1 is 1.10 bits per heavy atom. The largest absolute Gasteiger partial charge is 0.469 e. The molecule has 3 aliphatic heterocycles. The van der Waals surface area contributed by atoms with Crippen molar-refractivity contribution in [3.8, 4) is 0 Å². The number of rotatable bonds is 7. The summed E-state index contributed by atoms with van der Waals surface area (Å²) in [5, 5.41) is 2.68. The van der Waals surface area contributed by atoms with Gasteiger partial charge < -0.3 is 19.7 Å². The Morgan fingerprint density at radius 2 is 1.88 bits per heavy atom. The number of aliphatic imine (C=N–C) groups is 1. The highest BCUT2D eigenvalue weighted by atomic mass is 19.2. The molecule has 41 heavy (non-hydrogen) atoms. The maximum absolute atomic E-state index is 14.1. The lowest BCUT2D eigenvalue weighted by Crippen LogP contribution is -2.52. The van der Waals surface area contributed by atoms with Gasteiger partial charge in [-0.05, 0) is 55.1 Å². The average molecular weight is 569 g/mol. The number of methoxy groups -OCH3 is 1. The van der Waals surface area contributed by atoms with Crippen LogP contribution >= 0.6 is 0 Å². The predicted molar refractivity (Wildman–Crippen MR) is 142 cm³/mol. The zero-order valence-electron chi connectivity index (χ0n) is 22.4. The molecule has 216 valence electrons. The number of nitrogens with zero attached hydrogens (tertiary/aromatic N) is 3. The van der Waals surface area contributed by atoms with E-state index < -0.39 is 41.6 Å². The van der Waals surface area contributed by atoms with Crippen LogP contribution in [0.25, 0.3) is 0 Å². The number of benzene rings is 2. The van der Waals surface area contributed by atoms with E-state index >= 15 is 0 Å². The predicted octanol–water partition coefficient (Wildman–Crippen LogP) is 3.43. The summed E-state index contributed by atoms with van der Waals surface area (Å²) in [5.41, 5.74) is 1.30. The van der Waals surface area contributed by atoms with Gasteiger partial charge in [0.15, 0.2) is 11.6 Å². The number of esters is 2. The maximum atomic E-state index is 14.1. The number of urea groups is 2. The third kappa shape index (κ3) is 5.83. The van der Waals surface area contributed by atoms with E-state index in [1.807, 2.05) is 30.3 Å². The van der Waals surface area contributed by atoms with Crippen molar-refractivity contribution >= 4 is 29.7 Å². The van der Waals surface area contributed by atoms with Crippen LogP contribution in [0.4, 0.5) is 18.4 Å². The summed E-state index contributed by atoms with van der Waals surface area (Å²) < 4.78 is 37.8. The first kappa shape index (κ1) is 28.3. The summed E-state index contributed by atoms with van der Waals surface area (Å²) in [7, 11) is 1.38. The van der Waals surface area contributed by atoms with Crippen molar-refractivity contribution in [2.75, 3.05) is 39.9 Å². The molecule has 2 fully saturated rings. The van der Waals surface area contributed by atoms with Crippen molar-refractivity contribution in [2.24, 2.45) is 16.8 Å². The monoisotopic (exact) mass is 568 g/mol. The van der Waals surface area contributed by atoms with E-state index in [0.717, 1.165) is 35.6 Å². The summed E-state index contributed by atoms with van der Waals surface area (Å²) in [4.78, 5) is 57.9. The molecule has 5 rings (SSSR count). The Hall–Kier alpha value is -4.19. The number of halogens is 2. The van der Waals surface area contributed by atoms with Crippen LogP contribution in [0.2, 0.25) is 0 Å². The lowest BCUT2D eigenvalue weighted by molar-refractivity contribution is -0.148. The first-order valence-electron chi connectivity index (χ1n) is 13.4. The van der Waals surface area contributed by atoms with Gasteiger partial charge in [0.05, 0.1) is 24.8 Å². The number of carbonyl (C=O) groups is 4. The van der Waals surface area contributed by atoms with E-state index in [2.05, 4.69) is 15.2 Å². The van der Waals surface area contributed by atoms with Crippen LogP contribution in [0.1, 0.15) is 35.9 Å². The molecule has 4 amide bonds. The number of cyclic esters (lactones) is 1. The molecule has 0 aliphatic carbocycles. The minimum atomic E-state index is -1.24. The molecule has 0 aromatic heterocycles. The number of likely N-dealkylation sites (tertiary alicyclic amines) is 1. The highest BCUT2D eigenvalue weighted by Crippen LogP contribution is 2.38. The zero-order chi connectivity index (χ0) is 29.1. The Labute approximate surface area is 235 Å². The third-order valence-corrected chi connectivity index (χ3v) is 7.87. The van der Waals surface area contributed by atoms with Crippen molar-refractivity contribution in [3.63, 3.8) is 0 Å². The van der Waals surface area contributed by atoms with Gasteiger partial charge in [-0.25, -0.2) is 23.3 Å². The minimum absolute atomic E-state index is 0.0469. The standard InChI is InChI=1S/C29H30F2N4O6/c1-40-26(36)20-15-34(13-10-19(20)17-6-3-2-4-7-17)12-5-11-32-28(38)35-25(18-8-9-21(30)22(31)14-18)24-23(33-29(35)39)16-41-27(24)37/h2-4,6-9,14,19-20,24-25H,5,10-13,15-16H2,1H3,(H,32,38). The van der Waals surface area contributed by atoms with Crippen molar-refractivity contribution in [1.29, 1.82) is 0 Å². The number of imide groups is 1. The van der Waals surface area contributed by atoms with Crippen molar-refractivity contribution in [2.45, 2.75) is 24.8 Å². The summed E-state index contributed by atoms with van der Waals surface area (Å²) in [5.74, 6) is -4.64. The van der Waals surface area contributed by atoms with E-state index in [1.165, 1.54) is 13.2 Å². The Morgan fingerprint density at radius 3 is 2.61 bits per heavy atom. The van der Waals surface area contributed by atoms with Gasteiger partial charge in [0.2, 0.25) is 0 Å². The van der Waals surface area contributed by atoms with Crippen LogP contribution in [-0.4, -0.2) is 79.4 Å². The smallest absolute Gasteiger partial charge is 0.352 e. The highest BCUT2D eigenvalue weighted by molar-refractivity contribution is 6.15. The molecular formula is C29H30F2N4O6. The molecule has 0 saturated carbocycles. The molecule has 12 heteroatoms. The van der Waals surface area contributed by atoms with Crippen LogP contribution < -0.4 is 5.32 Å². The van der Waals surface area contributed by atoms with E-state index in [9.17, 15) is 28.0 Å². The number of piperidine rings is 1. The number of fused-ring (bicyclic) bond motifs is 1. The van der Waals surface area contributed by atoms with Crippen molar-refractivity contribution in [3.05, 3.63) is 71.3 Å². The highest BCUT2D eigenvalue weighted by Gasteiger charge is 2.50. The number of ether oxygens (including phenoxy) is 2. The Kier molecular flexibility index (Phi) is 8.39. The van der Waals surface area contributed by atoms with Crippen LogP contribution in [-0.2, 0) is 19.1 Å². The van der Waals surface area contributed by atoms with E-state index in [-0.39, 0.29) is 42.2 Å². The second-order valence-corrected chi connectivity index (χ2v) is 10.3. The van der Waals surface area contributed by atoms with Crippen LogP contribution in [0.15, 0.2) is 53.5 Å². The van der Waals surface area contributed by atoms with E-state index in [0.29, 0.717) is 19.5 Å². The first-order chi connectivity index (χ1) is 19.8. The number of hydrogen-bond donors (Lipinski definition) is 1. The molecule has 2 aromatic carbocycles. The maximum Gasteiger partial charge on any atom is 0.352 e. The fraction of sp³-hybridized carbons (Fsp3) is 0.414. The first-order valence-corrected chi connectivity index (χ1v) is 13.4. The fourth-order valence-electron chi connectivity index (χ4n) is 5.86. The average Bonchev–Trinajstić information content (AvgIpc) is 3.35. The number of amides is 4. The molecule has 3 aliphatic rings. The molecule has 10 nitrogen and oxygen atoms in total. The number of carbonyl (C=O) groups excluding carboxylic acids is 4. The Balaban J connectivity index is 1.22. The molecule has 3 heterocycles. The van der Waals surface area contributed by atoms with Crippen molar-refractivity contribution in [1.82, 2.24) is 15.1 Å². The fourth-order valence-corrected chi connectivity index (χ4v) is 5.86. The lowest BCUT2D eigenvalue weighted by Gasteiger charge is -2.37. The summed E-state index contributed by atoms with van der Waals surface area (Å²) in [6.07, 6.45) is 1.28. The van der Waals surface area contributed by atoms with Gasteiger partial charge in [0, 0.05) is 13.1 Å². The molecule has 4 atom stereocenters. The van der Waals surface area contributed by atoms with Crippen LogP contribution in [0.3, 0.4) is 0 Å². The zero-order valence-corrected chi connectivity index (χ0v) is 22.4. The summed E-state index contributed by atoms with van der Waals surface area (Å²) >= 11 is 0. The van der Waals surface area contributed by atoms with Gasteiger partial charge >= 0.3 is 24.0 Å². The van der Waals surface area contributed by atoms with Crippen molar-refractivity contribution < 1.29 is 37.4 Å². The third-order valence-electron chi connectivity index (χ3n) is 7.87. The van der Waals surface area contributed by atoms with Crippen LogP contribution in [0.5, 0.6) is 0 Å². The summed E-state index contributed by atoms with van der Waals surface area (Å²) in [6, 6.07) is 9.84. The quantitative estimate of drug-likeness (QED) is 0.402. The summed E-state index contributed by atoms with van der Waals surface area (Å²) in [6.45, 7) is 1.81. The molecular weight excluding hydrogens is 538 g/mol. The van der Waals surface area contributed by atoms with Crippen LogP contribution in [0, 0.1) is 23.5 Å². The second kappa shape index (κ2) is 12.1. The SMILES string of the molecule is COC(=O)C1CN(CCCNC(=O)N2C(=O)N=C3COC(=O)C3C2c2ccc(F)c(F)c2)CCC1c1ccccc1. The second-order valence-electron chi connectivity index (χ2n) is 10.3. The minimum Gasteiger partial charge on any atom is -0.469 e. The molecule has 1 N–H and O–H groups in total. The molecule has 0 spiro atoms. The Bertz CT molecular complexity index is 1370. The van der Waals surface area contributed by atoms with Gasteiger partial charge in [0.1, 0.15) is 12.5 Å². The molecule has 4 unspecified atom stereocenters. The normalized spacial score (nSPS) is 24.4.